The third-order valence-corrected chi connectivity index (χ3v) is 5.54. The van der Waals surface area contributed by atoms with Crippen molar-refractivity contribution >= 4 is 47.1 Å². The van der Waals surface area contributed by atoms with Gasteiger partial charge in [0.15, 0.2) is 11.7 Å². The monoisotopic (exact) mass is 587 g/mol. The van der Waals surface area contributed by atoms with E-state index in [2.05, 4.69) is 69.8 Å². The molecule has 0 aliphatic carbocycles. The van der Waals surface area contributed by atoms with E-state index in [0.717, 1.165) is 11.1 Å². The van der Waals surface area contributed by atoms with Crippen LogP contribution < -0.4 is 0 Å². The predicted molar refractivity (Wildman–Crippen MR) is 123 cm³/mol. The van der Waals surface area contributed by atoms with E-state index in [4.69, 9.17) is 0 Å². The number of benzene rings is 2. The fourth-order valence-electron chi connectivity index (χ4n) is 3.54. The molecule has 0 spiro atoms. The maximum atomic E-state index is 4.68. The number of amidine groups is 4. The van der Waals surface area contributed by atoms with Crippen molar-refractivity contribution in [3.63, 3.8) is 0 Å². The van der Waals surface area contributed by atoms with Crippen LogP contribution in [0.15, 0.2) is 66.4 Å². The minimum absolute atomic E-state index is 0. The van der Waals surface area contributed by atoms with E-state index < -0.39 is 10.8 Å². The van der Waals surface area contributed by atoms with Crippen LogP contribution in [0.1, 0.15) is 38.8 Å². The summed E-state index contributed by atoms with van der Waals surface area (Å²) >= 11 is 0. The van der Waals surface area contributed by atoms with Crippen molar-refractivity contribution < 1.29 is 21.1 Å². The zero-order valence-corrected chi connectivity index (χ0v) is 19.9. The van der Waals surface area contributed by atoms with E-state index in [0.29, 0.717) is 34.7 Å². The Bertz CT molecular complexity index is 1150. The first-order valence-electron chi connectivity index (χ1n) is 9.82. The van der Waals surface area contributed by atoms with Crippen LogP contribution in [-0.4, -0.2) is 35.8 Å². The molecule has 3 aliphatic rings. The summed E-state index contributed by atoms with van der Waals surface area (Å²) in [6.45, 7) is 8.28. The molecule has 5 rings (SSSR count). The maximum absolute atomic E-state index is 4.68. The average molecular weight is 588 g/mol. The van der Waals surface area contributed by atoms with Gasteiger partial charge < -0.3 is 0 Å². The maximum Gasteiger partial charge on any atom is 2.00 e. The van der Waals surface area contributed by atoms with Gasteiger partial charge in [-0.15, -0.1) is 23.3 Å². The normalized spacial score (nSPS) is 19.7. The van der Waals surface area contributed by atoms with Crippen LogP contribution in [0.2, 0.25) is 0 Å². The summed E-state index contributed by atoms with van der Waals surface area (Å²) in [5.41, 5.74) is 2.38. The van der Waals surface area contributed by atoms with Crippen LogP contribution in [0, 0.1) is 12.1 Å². The summed E-state index contributed by atoms with van der Waals surface area (Å²) in [6, 6.07) is 18.5. The molecule has 0 aromatic heterocycles. The summed E-state index contributed by atoms with van der Waals surface area (Å²) in [5.74, 6) is 2.50. The van der Waals surface area contributed by atoms with Crippen molar-refractivity contribution in [1.82, 2.24) is 0 Å². The number of hydrogen-bond acceptors (Lipinski definition) is 6. The largest absolute Gasteiger partial charge is 2.00 e. The van der Waals surface area contributed by atoms with Crippen molar-refractivity contribution in [2.24, 2.45) is 30.0 Å². The van der Waals surface area contributed by atoms with Crippen molar-refractivity contribution in [3.8, 4) is 0 Å². The molecule has 0 fully saturated rings. The number of rotatable bonds is 0. The van der Waals surface area contributed by atoms with Gasteiger partial charge in [-0.3, -0.25) is 9.98 Å². The standard InChI is InChI=1S/C24H20N6.Pt/c1-23(2)15-7-5-9-17(11-15)27-20-14-26-22(30-20)24(3,4)16-8-6-10-18(12-16)28-19-13-25-21(23)29-19;/h5-10,13-14H,1-4H3;/q-2;+2. The molecule has 2 aromatic rings. The summed E-state index contributed by atoms with van der Waals surface area (Å²) in [4.78, 5) is 27.7. The van der Waals surface area contributed by atoms with Crippen LogP contribution in [0.25, 0.3) is 0 Å². The molecule has 0 radical (unpaired) electrons. The van der Waals surface area contributed by atoms with Gasteiger partial charge in [-0.1, -0.05) is 27.7 Å². The van der Waals surface area contributed by atoms with Gasteiger partial charge in [-0.25, -0.2) is 20.0 Å². The van der Waals surface area contributed by atoms with Gasteiger partial charge in [0.2, 0.25) is 0 Å². The zero-order valence-electron chi connectivity index (χ0n) is 17.6. The summed E-state index contributed by atoms with van der Waals surface area (Å²) in [6.07, 6.45) is 3.39. The minimum atomic E-state index is -0.452. The van der Waals surface area contributed by atoms with Crippen LogP contribution in [-0.2, 0) is 31.9 Å². The van der Waals surface area contributed by atoms with Gasteiger partial charge in [0, 0.05) is 10.8 Å². The molecule has 6 nitrogen and oxygen atoms in total. The van der Waals surface area contributed by atoms with Crippen LogP contribution in [0.3, 0.4) is 0 Å². The molecular weight excluding hydrogens is 567 g/mol. The first-order valence-corrected chi connectivity index (χ1v) is 9.82. The van der Waals surface area contributed by atoms with Crippen molar-refractivity contribution in [2.45, 2.75) is 38.5 Å². The van der Waals surface area contributed by atoms with Gasteiger partial charge in [0.25, 0.3) is 0 Å². The van der Waals surface area contributed by atoms with Gasteiger partial charge in [0.1, 0.15) is 11.7 Å². The van der Waals surface area contributed by atoms with E-state index in [1.54, 1.807) is 12.4 Å². The van der Waals surface area contributed by atoms with E-state index in [1.165, 1.54) is 0 Å². The number of nitrogens with zero attached hydrogens (tertiary/aromatic N) is 6. The Morgan fingerprint density at radius 3 is 1.45 bits per heavy atom. The van der Waals surface area contributed by atoms with Gasteiger partial charge in [-0.05, 0) is 11.4 Å². The Morgan fingerprint density at radius 2 is 1.03 bits per heavy atom. The fourth-order valence-corrected chi connectivity index (χ4v) is 3.54. The molecule has 0 atom stereocenters. The summed E-state index contributed by atoms with van der Waals surface area (Å²) < 4.78 is 0. The van der Waals surface area contributed by atoms with Crippen LogP contribution >= 0.6 is 0 Å². The second-order valence-electron chi connectivity index (χ2n) is 8.48. The Morgan fingerprint density at radius 1 is 0.613 bits per heavy atom. The summed E-state index contributed by atoms with van der Waals surface area (Å²) in [5, 5.41) is 0. The molecule has 0 N–H and O–H groups in total. The van der Waals surface area contributed by atoms with Gasteiger partial charge in [0.05, 0.1) is 12.4 Å². The average Bonchev–Trinajstić information content (AvgIpc) is 3.38. The smallest absolute Gasteiger partial charge is 0.255 e. The van der Waals surface area contributed by atoms with E-state index >= 15 is 0 Å². The SMILES string of the molecule is CC1(C)C2=NC(=Nc3[c-]c(ccc3)C(C)(C)C3=NC(=Nc4[c-]c1ccc4)C=N3)C=N2.[Pt+2]. The summed E-state index contributed by atoms with van der Waals surface area (Å²) in [7, 11) is 0. The number of aliphatic imine (C=N–C) groups is 6. The molecule has 8 bridgehead atoms. The van der Waals surface area contributed by atoms with Gasteiger partial charge >= 0.3 is 21.1 Å². The molecule has 0 amide bonds. The van der Waals surface area contributed by atoms with Crippen molar-refractivity contribution in [3.05, 3.63) is 59.7 Å². The third kappa shape index (κ3) is 3.81. The Kier molecular flexibility index (Phi) is 5.30. The first kappa shape index (κ1) is 21.4. The quantitative estimate of drug-likeness (QED) is 0.405. The fraction of sp³-hybridized carbons (Fsp3) is 0.250. The molecule has 0 saturated carbocycles. The van der Waals surface area contributed by atoms with E-state index in [9.17, 15) is 0 Å². The zero-order chi connectivity index (χ0) is 20.9. The molecule has 0 unspecified atom stereocenters. The minimum Gasteiger partial charge on any atom is -0.255 e. The molecule has 0 saturated heterocycles. The Labute approximate surface area is 196 Å². The van der Waals surface area contributed by atoms with E-state index in [1.807, 2.05) is 36.4 Å². The first-order chi connectivity index (χ1) is 14.3. The molecule has 7 heteroatoms. The van der Waals surface area contributed by atoms with Gasteiger partial charge in [-0.2, -0.15) is 36.4 Å². The molecule has 3 aliphatic heterocycles. The second-order valence-corrected chi connectivity index (χ2v) is 8.48. The molecule has 156 valence electrons. The number of hydrogen-bond donors (Lipinski definition) is 0. The van der Waals surface area contributed by atoms with Crippen molar-refractivity contribution in [2.75, 3.05) is 0 Å². The molecule has 3 heterocycles. The predicted octanol–water partition coefficient (Wildman–Crippen LogP) is 4.58. The Hall–Kier alpha value is -2.85. The molecule has 2 aromatic carbocycles. The van der Waals surface area contributed by atoms with E-state index in [-0.39, 0.29) is 21.1 Å². The second kappa shape index (κ2) is 7.68. The third-order valence-electron chi connectivity index (χ3n) is 5.54. The molecular formula is C24H20N6Pt. The topological polar surface area (TPSA) is 74.2 Å². The van der Waals surface area contributed by atoms with Crippen LogP contribution in [0.5, 0.6) is 0 Å². The Balaban J connectivity index is 0.00000231. The van der Waals surface area contributed by atoms with Crippen LogP contribution in [0.4, 0.5) is 11.4 Å². The van der Waals surface area contributed by atoms with Crippen molar-refractivity contribution in [1.29, 1.82) is 0 Å². The number of fused-ring (bicyclic) bond motifs is 6. The molecule has 31 heavy (non-hydrogen) atoms.